The van der Waals surface area contributed by atoms with Crippen LogP contribution in [0.25, 0.3) is 42.4 Å². The van der Waals surface area contributed by atoms with Gasteiger partial charge in [0.2, 0.25) is 0 Å². The van der Waals surface area contributed by atoms with Crippen molar-refractivity contribution in [1.29, 1.82) is 0 Å². The highest BCUT2D eigenvalue weighted by Gasteiger charge is 2.45. The van der Waals surface area contributed by atoms with Crippen molar-refractivity contribution in [1.82, 2.24) is 0 Å². The largest absolute Gasteiger partial charge is 0.310 e. The van der Waals surface area contributed by atoms with Crippen LogP contribution in [0.15, 0.2) is 200 Å². The number of hydrogen-bond acceptors (Lipinski definition) is 2. The molecular weight excluding hydrogens is 635 g/mol. The van der Waals surface area contributed by atoms with E-state index >= 15 is 0 Å². The Balaban J connectivity index is 1.28. The summed E-state index contributed by atoms with van der Waals surface area (Å²) in [5.74, 6) is 0. The average molecular weight is 673 g/mol. The van der Waals surface area contributed by atoms with Crippen LogP contribution in [0.4, 0.5) is 17.1 Å². The van der Waals surface area contributed by atoms with Gasteiger partial charge in [-0.1, -0.05) is 158 Å². The van der Waals surface area contributed by atoms with Gasteiger partial charge in [0.1, 0.15) is 0 Å². The lowest BCUT2D eigenvalue weighted by Crippen LogP contribution is -2.28. The summed E-state index contributed by atoms with van der Waals surface area (Å²) in [6, 6.07) is 57.2. The smallest absolute Gasteiger partial charge is 0.0713 e. The molecule has 10 rings (SSSR count). The lowest BCUT2D eigenvalue weighted by molar-refractivity contribution is 0.768. The topological polar surface area (TPSA) is 3.24 Å². The number of hydrogen-bond donors (Lipinski definition) is 0. The van der Waals surface area contributed by atoms with Crippen LogP contribution in [0.2, 0.25) is 0 Å². The summed E-state index contributed by atoms with van der Waals surface area (Å²) < 4.78 is 46.7. The first-order valence-electron chi connectivity index (χ1n) is 19.6. The first-order chi connectivity index (χ1) is 27.4. The summed E-state index contributed by atoms with van der Waals surface area (Å²) in [5, 5.41) is 2.00. The second kappa shape index (κ2) is 12.0. The maximum atomic E-state index is 9.29. The minimum atomic E-state index is -0.613. The average Bonchev–Trinajstić information content (AvgIpc) is 3.78. The van der Waals surface area contributed by atoms with E-state index < -0.39 is 11.5 Å². The summed E-state index contributed by atoms with van der Waals surface area (Å²) in [5.41, 5.74) is 9.89. The van der Waals surface area contributed by atoms with E-state index in [2.05, 4.69) is 121 Å². The molecule has 1 nitrogen and oxygen atoms in total. The van der Waals surface area contributed by atoms with Crippen molar-refractivity contribution in [3.63, 3.8) is 0 Å². The summed E-state index contributed by atoms with van der Waals surface area (Å²) in [6.45, 7) is 0. The zero-order valence-corrected chi connectivity index (χ0v) is 28.3. The van der Waals surface area contributed by atoms with Gasteiger partial charge in [0, 0.05) is 31.5 Å². The standard InChI is InChI=1S/C49H33NS/c1-4-16-34(17-5-1)35-32-45(48-42-24-12-15-27-46(42)51-47(48)33-35)50(38-20-8-3-9-21-38)39-30-28-37(29-31-39)49(36-18-6-2-7-19-36)43-25-13-10-22-40(43)41-23-11-14-26-44(41)49/h1-33H/i3D,8D,9D,20D,21D. The van der Waals surface area contributed by atoms with Gasteiger partial charge in [0.15, 0.2) is 0 Å². The van der Waals surface area contributed by atoms with Crippen molar-refractivity contribution >= 4 is 48.6 Å². The Morgan fingerprint density at radius 1 is 0.471 bits per heavy atom. The van der Waals surface area contributed by atoms with Crippen LogP contribution in [-0.4, -0.2) is 0 Å². The van der Waals surface area contributed by atoms with Gasteiger partial charge in [-0.25, -0.2) is 0 Å². The first kappa shape index (κ1) is 24.8. The normalized spacial score (nSPS) is 14.2. The van der Waals surface area contributed by atoms with E-state index in [1.165, 1.54) is 22.3 Å². The molecule has 0 amide bonds. The minimum Gasteiger partial charge on any atom is -0.310 e. The zero-order valence-electron chi connectivity index (χ0n) is 32.5. The SMILES string of the molecule is [2H]c1c([2H])c([2H])c(N(c2ccc(C3(c4ccccc4)c4ccccc4-c4ccccc43)cc2)c2cc(-c3ccccc3)cc3sc4ccccc4c23)c([2H])c1[2H]. The Labute approximate surface area is 309 Å². The molecule has 0 fully saturated rings. The lowest BCUT2D eigenvalue weighted by Gasteiger charge is -2.34. The molecule has 0 N–H and O–H groups in total. The molecule has 0 aliphatic heterocycles. The number of thiophene rings is 1. The van der Waals surface area contributed by atoms with Gasteiger partial charge in [-0.2, -0.15) is 0 Å². The van der Waals surface area contributed by atoms with Crippen LogP contribution in [0.3, 0.4) is 0 Å². The van der Waals surface area contributed by atoms with Crippen molar-refractivity contribution in [3.05, 3.63) is 222 Å². The number of nitrogens with zero attached hydrogens (tertiary/aromatic N) is 1. The fourth-order valence-electron chi connectivity index (χ4n) is 8.12. The molecule has 1 aliphatic rings. The minimum absolute atomic E-state index is 0.0971. The third-order valence-electron chi connectivity index (χ3n) is 10.2. The molecule has 9 aromatic rings. The van der Waals surface area contributed by atoms with Gasteiger partial charge < -0.3 is 4.90 Å². The molecule has 0 unspecified atom stereocenters. The van der Waals surface area contributed by atoms with E-state index in [0.29, 0.717) is 5.69 Å². The fourth-order valence-corrected chi connectivity index (χ4v) is 9.29. The van der Waals surface area contributed by atoms with Gasteiger partial charge in [-0.15, -0.1) is 11.3 Å². The highest BCUT2D eigenvalue weighted by Crippen LogP contribution is 2.56. The van der Waals surface area contributed by atoms with E-state index in [0.717, 1.165) is 48.1 Å². The van der Waals surface area contributed by atoms with E-state index in [-0.39, 0.29) is 29.9 Å². The predicted molar refractivity (Wildman–Crippen MR) is 217 cm³/mol. The van der Waals surface area contributed by atoms with Crippen molar-refractivity contribution in [2.75, 3.05) is 4.90 Å². The predicted octanol–water partition coefficient (Wildman–Crippen LogP) is 13.6. The van der Waals surface area contributed by atoms with Crippen molar-refractivity contribution in [2.45, 2.75) is 5.41 Å². The molecule has 240 valence electrons. The molecule has 0 saturated heterocycles. The second-order valence-corrected chi connectivity index (χ2v) is 14.0. The van der Waals surface area contributed by atoms with Crippen LogP contribution in [0.1, 0.15) is 29.1 Å². The second-order valence-electron chi connectivity index (χ2n) is 12.9. The van der Waals surface area contributed by atoms with Gasteiger partial charge in [0.25, 0.3) is 0 Å². The van der Waals surface area contributed by atoms with Crippen LogP contribution in [-0.2, 0) is 5.41 Å². The Kier molecular flexibility index (Phi) is 5.84. The van der Waals surface area contributed by atoms with Crippen molar-refractivity contribution in [3.8, 4) is 22.3 Å². The summed E-state index contributed by atoms with van der Waals surface area (Å²) >= 11 is 1.69. The van der Waals surface area contributed by atoms with Crippen LogP contribution >= 0.6 is 11.3 Å². The van der Waals surface area contributed by atoms with Crippen LogP contribution in [0, 0.1) is 0 Å². The van der Waals surface area contributed by atoms with Gasteiger partial charge >= 0.3 is 0 Å². The summed E-state index contributed by atoms with van der Waals surface area (Å²) in [7, 11) is 0. The number of para-hydroxylation sites is 1. The highest BCUT2D eigenvalue weighted by molar-refractivity contribution is 7.26. The molecule has 2 heteroatoms. The van der Waals surface area contributed by atoms with Gasteiger partial charge in [-0.05, 0) is 86.9 Å². The van der Waals surface area contributed by atoms with Crippen molar-refractivity contribution < 1.29 is 6.85 Å². The third-order valence-corrected chi connectivity index (χ3v) is 11.4. The Hall–Kier alpha value is -6.22. The molecule has 1 aromatic heterocycles. The maximum absolute atomic E-state index is 9.29. The van der Waals surface area contributed by atoms with E-state index in [1.54, 1.807) is 11.3 Å². The lowest BCUT2D eigenvalue weighted by atomic mass is 9.68. The van der Waals surface area contributed by atoms with Gasteiger partial charge in [-0.3, -0.25) is 0 Å². The first-order valence-corrected chi connectivity index (χ1v) is 17.9. The molecule has 0 bridgehead atoms. The van der Waals surface area contributed by atoms with Crippen LogP contribution < -0.4 is 4.90 Å². The Morgan fingerprint density at radius 3 is 1.76 bits per heavy atom. The number of anilines is 3. The molecule has 0 spiro atoms. The quantitative estimate of drug-likeness (QED) is 0.170. The molecule has 0 radical (unpaired) electrons. The van der Waals surface area contributed by atoms with E-state index in [4.69, 9.17) is 4.11 Å². The molecule has 1 heterocycles. The summed E-state index contributed by atoms with van der Waals surface area (Å²) in [6.07, 6.45) is 0. The van der Waals surface area contributed by atoms with Crippen LogP contribution in [0.5, 0.6) is 0 Å². The molecule has 51 heavy (non-hydrogen) atoms. The number of rotatable bonds is 6. The number of benzene rings is 8. The maximum Gasteiger partial charge on any atom is 0.0713 e. The zero-order chi connectivity index (χ0) is 38.1. The molecule has 0 atom stereocenters. The molecule has 0 saturated carbocycles. The third kappa shape index (κ3) is 4.61. The fraction of sp³-hybridized carbons (Fsp3) is 0.0204. The van der Waals surface area contributed by atoms with Crippen molar-refractivity contribution in [2.24, 2.45) is 0 Å². The Morgan fingerprint density at radius 2 is 1.06 bits per heavy atom. The molecule has 8 aromatic carbocycles. The highest BCUT2D eigenvalue weighted by atomic mass is 32.1. The number of fused-ring (bicyclic) bond motifs is 6. The van der Waals surface area contributed by atoms with E-state index in [1.807, 2.05) is 53.4 Å². The van der Waals surface area contributed by atoms with E-state index in [9.17, 15) is 2.74 Å². The Bertz CT molecular complexity index is 2900. The molecular formula is C49H33NS. The van der Waals surface area contributed by atoms with Gasteiger partial charge in [0.05, 0.1) is 18.0 Å². The summed E-state index contributed by atoms with van der Waals surface area (Å²) in [4.78, 5) is 1.88. The molecule has 1 aliphatic carbocycles. The monoisotopic (exact) mass is 672 g/mol.